The maximum absolute atomic E-state index is 14.2. The zero-order valence-corrected chi connectivity index (χ0v) is 17.9. The molecule has 0 heterocycles. The Balaban J connectivity index is 2.10. The van der Waals surface area contributed by atoms with Crippen LogP contribution in [0.25, 0.3) is 6.08 Å². The highest BCUT2D eigenvalue weighted by molar-refractivity contribution is 5.92. The molecule has 0 radical (unpaired) electrons. The summed E-state index contributed by atoms with van der Waals surface area (Å²) in [5, 5.41) is 0. The van der Waals surface area contributed by atoms with E-state index in [1.165, 1.54) is 6.07 Å². The maximum Gasteiger partial charge on any atom is 0.247 e. The van der Waals surface area contributed by atoms with E-state index in [2.05, 4.69) is 25.7 Å². The Kier molecular flexibility index (Phi) is 9.58. The lowest BCUT2D eigenvalue weighted by Gasteiger charge is -2.29. The van der Waals surface area contributed by atoms with E-state index < -0.39 is 0 Å². The van der Waals surface area contributed by atoms with E-state index in [4.69, 9.17) is 0 Å². The van der Waals surface area contributed by atoms with Crippen molar-refractivity contribution in [1.82, 2.24) is 9.80 Å². The van der Waals surface area contributed by atoms with E-state index in [1.807, 2.05) is 42.5 Å². The van der Waals surface area contributed by atoms with Gasteiger partial charge in [0.05, 0.1) is 0 Å². The first-order valence-corrected chi connectivity index (χ1v) is 10.5. The molecule has 0 aromatic heterocycles. The van der Waals surface area contributed by atoms with Crippen molar-refractivity contribution in [2.75, 3.05) is 19.6 Å². The van der Waals surface area contributed by atoms with Crippen molar-refractivity contribution in [2.24, 2.45) is 0 Å². The molecule has 2 aromatic rings. The molecule has 0 spiro atoms. The van der Waals surface area contributed by atoms with Crippen molar-refractivity contribution in [3.63, 3.8) is 0 Å². The minimum Gasteiger partial charge on any atom is -0.332 e. The van der Waals surface area contributed by atoms with Crippen LogP contribution in [0.5, 0.6) is 0 Å². The summed E-state index contributed by atoms with van der Waals surface area (Å²) in [6, 6.07) is 16.5. The van der Waals surface area contributed by atoms with Gasteiger partial charge in [-0.25, -0.2) is 4.39 Å². The van der Waals surface area contributed by atoms with Gasteiger partial charge in [0.25, 0.3) is 0 Å². The van der Waals surface area contributed by atoms with E-state index in [1.54, 1.807) is 23.1 Å². The van der Waals surface area contributed by atoms with Crippen molar-refractivity contribution >= 4 is 12.0 Å². The summed E-state index contributed by atoms with van der Waals surface area (Å²) in [6.07, 6.45) is 5.30. The third-order valence-electron chi connectivity index (χ3n) is 5.32. The standard InChI is InChI=1S/C25H33FN2O/c1-4-27(5-2)19-11-12-21(3)28(20-23-15-9-10-16-24(23)26)25(29)18-17-22-13-7-6-8-14-22/h6-10,13-18,21H,4-5,11-12,19-20H2,1-3H3/b18-17+. The fourth-order valence-corrected chi connectivity index (χ4v) is 3.39. The normalized spacial score (nSPS) is 12.4. The topological polar surface area (TPSA) is 23.6 Å². The van der Waals surface area contributed by atoms with Gasteiger partial charge in [-0.2, -0.15) is 0 Å². The highest BCUT2D eigenvalue weighted by Crippen LogP contribution is 2.16. The summed E-state index contributed by atoms with van der Waals surface area (Å²) in [7, 11) is 0. The Morgan fingerprint density at radius 2 is 1.69 bits per heavy atom. The number of hydrogen-bond acceptors (Lipinski definition) is 2. The second kappa shape index (κ2) is 12.2. The quantitative estimate of drug-likeness (QED) is 0.476. The lowest BCUT2D eigenvalue weighted by atomic mass is 10.1. The monoisotopic (exact) mass is 396 g/mol. The van der Waals surface area contributed by atoms with Gasteiger partial charge in [0, 0.05) is 24.2 Å². The first kappa shape index (κ1) is 22.8. The number of benzene rings is 2. The average Bonchev–Trinajstić information content (AvgIpc) is 2.75. The summed E-state index contributed by atoms with van der Waals surface area (Å²) in [5.41, 5.74) is 1.52. The fraction of sp³-hybridized carbons (Fsp3) is 0.400. The SMILES string of the molecule is CCN(CC)CCCC(C)N(Cc1ccccc1F)C(=O)/C=C/c1ccccc1. The molecular weight excluding hydrogens is 363 g/mol. The Hall–Kier alpha value is -2.46. The molecule has 1 atom stereocenters. The molecule has 3 nitrogen and oxygen atoms in total. The van der Waals surface area contributed by atoms with Crippen LogP contribution < -0.4 is 0 Å². The molecule has 0 aliphatic heterocycles. The first-order valence-electron chi connectivity index (χ1n) is 10.5. The number of carbonyl (C=O) groups excluding carboxylic acids is 1. The Bertz CT molecular complexity index is 771. The number of rotatable bonds is 11. The smallest absolute Gasteiger partial charge is 0.247 e. The Morgan fingerprint density at radius 3 is 2.34 bits per heavy atom. The lowest BCUT2D eigenvalue weighted by molar-refractivity contribution is -0.128. The summed E-state index contributed by atoms with van der Waals surface area (Å²) >= 11 is 0. The van der Waals surface area contributed by atoms with Crippen LogP contribution in [-0.2, 0) is 11.3 Å². The molecular formula is C25H33FN2O. The van der Waals surface area contributed by atoms with Gasteiger partial charge in [0.1, 0.15) is 5.82 Å². The second-order valence-corrected chi connectivity index (χ2v) is 7.32. The Morgan fingerprint density at radius 1 is 1.03 bits per heavy atom. The highest BCUT2D eigenvalue weighted by atomic mass is 19.1. The van der Waals surface area contributed by atoms with Crippen LogP contribution in [0.15, 0.2) is 60.7 Å². The van der Waals surface area contributed by atoms with Crippen molar-refractivity contribution in [2.45, 2.75) is 46.2 Å². The minimum atomic E-state index is -0.271. The number of hydrogen-bond donors (Lipinski definition) is 0. The van der Waals surface area contributed by atoms with Crippen molar-refractivity contribution < 1.29 is 9.18 Å². The van der Waals surface area contributed by atoms with E-state index in [0.717, 1.165) is 38.0 Å². The van der Waals surface area contributed by atoms with Gasteiger partial charge in [0.15, 0.2) is 0 Å². The predicted octanol–water partition coefficient (Wildman–Crippen LogP) is 5.38. The van der Waals surface area contributed by atoms with Gasteiger partial charge in [-0.3, -0.25) is 4.79 Å². The van der Waals surface area contributed by atoms with Gasteiger partial charge in [0.2, 0.25) is 5.91 Å². The molecule has 29 heavy (non-hydrogen) atoms. The second-order valence-electron chi connectivity index (χ2n) is 7.32. The maximum atomic E-state index is 14.2. The van der Waals surface area contributed by atoms with Crippen LogP contribution in [-0.4, -0.2) is 41.4 Å². The number of carbonyl (C=O) groups is 1. The Labute approximate surface area is 174 Å². The number of nitrogens with zero attached hydrogens (tertiary/aromatic N) is 2. The molecule has 0 saturated carbocycles. The molecule has 0 aliphatic rings. The molecule has 0 fully saturated rings. The van der Waals surface area contributed by atoms with Crippen LogP contribution >= 0.6 is 0 Å². The van der Waals surface area contributed by atoms with Crippen LogP contribution in [0.3, 0.4) is 0 Å². The highest BCUT2D eigenvalue weighted by Gasteiger charge is 2.20. The van der Waals surface area contributed by atoms with Crippen molar-refractivity contribution in [3.8, 4) is 0 Å². The molecule has 2 rings (SSSR count). The average molecular weight is 397 g/mol. The zero-order chi connectivity index (χ0) is 21.1. The van der Waals surface area contributed by atoms with E-state index in [-0.39, 0.29) is 24.3 Å². The molecule has 0 bridgehead atoms. The molecule has 0 saturated heterocycles. The van der Waals surface area contributed by atoms with Gasteiger partial charge in [-0.15, -0.1) is 0 Å². The van der Waals surface area contributed by atoms with Gasteiger partial charge >= 0.3 is 0 Å². The van der Waals surface area contributed by atoms with Crippen molar-refractivity contribution in [1.29, 1.82) is 0 Å². The molecule has 2 aromatic carbocycles. The van der Waals surface area contributed by atoms with Gasteiger partial charge in [-0.05, 0) is 57.1 Å². The minimum absolute atomic E-state index is 0.0260. The van der Waals surface area contributed by atoms with Crippen LogP contribution in [0, 0.1) is 5.82 Å². The molecule has 0 N–H and O–H groups in total. The third-order valence-corrected chi connectivity index (χ3v) is 5.32. The predicted molar refractivity (Wildman–Crippen MR) is 119 cm³/mol. The molecule has 4 heteroatoms. The summed E-state index contributed by atoms with van der Waals surface area (Å²) in [4.78, 5) is 17.1. The van der Waals surface area contributed by atoms with Crippen LogP contribution in [0.1, 0.15) is 44.7 Å². The third kappa shape index (κ3) is 7.47. The van der Waals surface area contributed by atoms with E-state index in [9.17, 15) is 9.18 Å². The first-order chi connectivity index (χ1) is 14.0. The molecule has 1 unspecified atom stereocenters. The van der Waals surface area contributed by atoms with Gasteiger partial charge < -0.3 is 9.80 Å². The van der Waals surface area contributed by atoms with Crippen molar-refractivity contribution in [3.05, 3.63) is 77.6 Å². The van der Waals surface area contributed by atoms with Gasteiger partial charge in [-0.1, -0.05) is 62.4 Å². The lowest BCUT2D eigenvalue weighted by Crippen LogP contribution is -2.38. The largest absolute Gasteiger partial charge is 0.332 e. The van der Waals surface area contributed by atoms with Crippen LogP contribution in [0.4, 0.5) is 4.39 Å². The molecule has 0 aliphatic carbocycles. The summed E-state index contributed by atoms with van der Waals surface area (Å²) in [5.74, 6) is -0.361. The summed E-state index contributed by atoms with van der Waals surface area (Å²) < 4.78 is 14.2. The zero-order valence-electron chi connectivity index (χ0n) is 17.9. The van der Waals surface area contributed by atoms with Crippen LogP contribution in [0.2, 0.25) is 0 Å². The van der Waals surface area contributed by atoms with E-state index in [0.29, 0.717) is 5.56 Å². The van der Waals surface area contributed by atoms with E-state index >= 15 is 0 Å². The number of halogens is 1. The number of amides is 1. The molecule has 156 valence electrons. The molecule has 1 amide bonds. The summed E-state index contributed by atoms with van der Waals surface area (Å²) in [6.45, 7) is 9.73. The fourth-order valence-electron chi connectivity index (χ4n) is 3.39.